The van der Waals surface area contributed by atoms with Crippen LogP contribution in [0.15, 0.2) is 36.9 Å². The molecule has 0 heterocycles. The summed E-state index contributed by atoms with van der Waals surface area (Å²) in [4.78, 5) is 11.1. The molecule has 0 spiro atoms. The van der Waals surface area contributed by atoms with Crippen LogP contribution in [0, 0.1) is 5.82 Å². The van der Waals surface area contributed by atoms with E-state index in [1.807, 2.05) is 6.92 Å². The molecule has 0 saturated heterocycles. The first-order valence-electron chi connectivity index (χ1n) is 4.86. The van der Waals surface area contributed by atoms with E-state index in [1.165, 1.54) is 12.1 Å². The summed E-state index contributed by atoms with van der Waals surface area (Å²) in [5.41, 5.74) is 0.509. The summed E-state index contributed by atoms with van der Waals surface area (Å²) in [7, 11) is 0. The second kappa shape index (κ2) is 5.29. The minimum atomic E-state index is -0.297. The van der Waals surface area contributed by atoms with Crippen molar-refractivity contribution in [3.8, 4) is 0 Å². The van der Waals surface area contributed by atoms with Crippen LogP contribution in [0.3, 0.4) is 0 Å². The van der Waals surface area contributed by atoms with Crippen LogP contribution in [0.2, 0.25) is 0 Å². The number of benzene rings is 1. The largest absolute Gasteiger partial charge is 0.346 e. The van der Waals surface area contributed by atoms with Crippen LogP contribution in [0.5, 0.6) is 0 Å². The molecule has 0 aliphatic heterocycles. The number of amides is 1. The number of halogens is 1. The molecule has 80 valence electrons. The van der Waals surface area contributed by atoms with Gasteiger partial charge in [-0.2, -0.15) is 0 Å². The van der Waals surface area contributed by atoms with E-state index in [0.29, 0.717) is 12.0 Å². The van der Waals surface area contributed by atoms with Gasteiger partial charge in [-0.05, 0) is 18.6 Å². The summed E-state index contributed by atoms with van der Waals surface area (Å²) >= 11 is 0. The number of rotatable bonds is 4. The first kappa shape index (κ1) is 11.4. The quantitative estimate of drug-likeness (QED) is 0.755. The van der Waals surface area contributed by atoms with E-state index < -0.39 is 0 Å². The third kappa shape index (κ3) is 2.91. The van der Waals surface area contributed by atoms with Crippen molar-refractivity contribution in [3.05, 3.63) is 48.3 Å². The zero-order valence-electron chi connectivity index (χ0n) is 8.66. The Morgan fingerprint density at radius 3 is 2.80 bits per heavy atom. The Morgan fingerprint density at radius 2 is 2.27 bits per heavy atom. The molecular weight excluding hydrogens is 193 g/mol. The van der Waals surface area contributed by atoms with Gasteiger partial charge in [0.2, 0.25) is 5.91 Å². The molecular formula is C12H14FNO. The van der Waals surface area contributed by atoms with E-state index in [9.17, 15) is 9.18 Å². The van der Waals surface area contributed by atoms with E-state index in [1.54, 1.807) is 18.2 Å². The number of hydrogen-bond acceptors (Lipinski definition) is 1. The Bertz CT molecular complexity index is 362. The minimum absolute atomic E-state index is 0.287. The van der Waals surface area contributed by atoms with E-state index in [4.69, 9.17) is 0 Å². The van der Waals surface area contributed by atoms with Crippen molar-refractivity contribution >= 4 is 5.91 Å². The lowest BCUT2D eigenvalue weighted by molar-refractivity contribution is -0.117. The maximum absolute atomic E-state index is 13.4. The number of nitrogens with one attached hydrogen (secondary N) is 1. The first-order chi connectivity index (χ1) is 7.19. The van der Waals surface area contributed by atoms with Crippen LogP contribution in [0.25, 0.3) is 0 Å². The Hall–Kier alpha value is -1.64. The van der Waals surface area contributed by atoms with Crippen LogP contribution in [0.4, 0.5) is 4.39 Å². The van der Waals surface area contributed by atoms with Gasteiger partial charge in [0.1, 0.15) is 5.82 Å². The highest BCUT2D eigenvalue weighted by molar-refractivity contribution is 5.87. The predicted molar refractivity (Wildman–Crippen MR) is 57.8 cm³/mol. The van der Waals surface area contributed by atoms with Crippen molar-refractivity contribution < 1.29 is 9.18 Å². The lowest BCUT2D eigenvalue weighted by Crippen LogP contribution is -2.26. The second-order valence-electron chi connectivity index (χ2n) is 3.20. The maximum Gasteiger partial charge on any atom is 0.243 e. The zero-order chi connectivity index (χ0) is 11.3. The molecule has 0 aliphatic carbocycles. The van der Waals surface area contributed by atoms with Gasteiger partial charge in [0.15, 0.2) is 0 Å². The van der Waals surface area contributed by atoms with E-state index >= 15 is 0 Å². The molecule has 1 N–H and O–H groups in total. The first-order valence-corrected chi connectivity index (χ1v) is 4.86. The lowest BCUT2D eigenvalue weighted by atomic mass is 10.0. The molecule has 15 heavy (non-hydrogen) atoms. The lowest BCUT2D eigenvalue weighted by Gasteiger charge is -2.16. The molecule has 1 rings (SSSR count). The van der Waals surface area contributed by atoms with Crippen LogP contribution in [-0.4, -0.2) is 5.91 Å². The summed E-state index contributed by atoms with van der Waals surface area (Å²) in [6, 6.07) is 6.14. The van der Waals surface area contributed by atoms with Crippen LogP contribution < -0.4 is 5.32 Å². The van der Waals surface area contributed by atoms with Gasteiger partial charge in [0.25, 0.3) is 0 Å². The van der Waals surface area contributed by atoms with E-state index in [0.717, 1.165) is 0 Å². The molecule has 0 saturated carbocycles. The molecule has 0 aromatic heterocycles. The smallest absolute Gasteiger partial charge is 0.243 e. The molecule has 3 heteroatoms. The van der Waals surface area contributed by atoms with Gasteiger partial charge in [-0.15, -0.1) is 0 Å². The van der Waals surface area contributed by atoms with Gasteiger partial charge >= 0.3 is 0 Å². The third-order valence-corrected chi connectivity index (χ3v) is 2.19. The number of hydrogen-bond donors (Lipinski definition) is 1. The zero-order valence-corrected chi connectivity index (χ0v) is 8.66. The van der Waals surface area contributed by atoms with E-state index in [2.05, 4.69) is 11.9 Å². The van der Waals surface area contributed by atoms with Crippen molar-refractivity contribution in [2.45, 2.75) is 19.4 Å². The van der Waals surface area contributed by atoms with Gasteiger partial charge in [0, 0.05) is 5.56 Å². The molecule has 2 nitrogen and oxygen atoms in total. The highest BCUT2D eigenvalue weighted by atomic mass is 19.1. The normalized spacial score (nSPS) is 11.9. The number of carbonyl (C=O) groups excluding carboxylic acids is 1. The van der Waals surface area contributed by atoms with Gasteiger partial charge in [0.05, 0.1) is 6.04 Å². The van der Waals surface area contributed by atoms with Crippen molar-refractivity contribution in [3.63, 3.8) is 0 Å². The molecule has 0 unspecified atom stereocenters. The highest BCUT2D eigenvalue weighted by Gasteiger charge is 2.14. The SMILES string of the molecule is C=CC(=O)N[C@@H](CC)c1ccccc1F. The minimum Gasteiger partial charge on any atom is -0.346 e. The average Bonchev–Trinajstić information content (AvgIpc) is 2.26. The van der Waals surface area contributed by atoms with Crippen molar-refractivity contribution in [2.24, 2.45) is 0 Å². The molecule has 1 aromatic carbocycles. The summed E-state index contributed by atoms with van der Waals surface area (Å²) in [5, 5.41) is 2.68. The van der Waals surface area contributed by atoms with Gasteiger partial charge in [-0.3, -0.25) is 4.79 Å². The summed E-state index contributed by atoms with van der Waals surface area (Å²) in [5.74, 6) is -0.584. The molecule has 1 amide bonds. The summed E-state index contributed by atoms with van der Waals surface area (Å²) < 4.78 is 13.4. The van der Waals surface area contributed by atoms with Gasteiger partial charge in [-0.25, -0.2) is 4.39 Å². The van der Waals surface area contributed by atoms with Gasteiger partial charge < -0.3 is 5.32 Å². The van der Waals surface area contributed by atoms with Crippen molar-refractivity contribution in [2.75, 3.05) is 0 Å². The molecule has 0 aliphatic rings. The third-order valence-electron chi connectivity index (χ3n) is 2.19. The Balaban J connectivity index is 2.87. The predicted octanol–water partition coefficient (Wildman–Crippen LogP) is 2.58. The average molecular weight is 207 g/mol. The fourth-order valence-corrected chi connectivity index (χ4v) is 1.39. The summed E-state index contributed by atoms with van der Waals surface area (Å²) in [6.45, 7) is 5.25. The number of carbonyl (C=O) groups is 1. The van der Waals surface area contributed by atoms with Crippen molar-refractivity contribution in [1.82, 2.24) is 5.32 Å². The van der Waals surface area contributed by atoms with Gasteiger partial charge in [-0.1, -0.05) is 31.7 Å². The maximum atomic E-state index is 13.4. The highest BCUT2D eigenvalue weighted by Crippen LogP contribution is 2.19. The molecule has 1 aromatic rings. The summed E-state index contributed by atoms with van der Waals surface area (Å²) in [6.07, 6.45) is 1.82. The van der Waals surface area contributed by atoms with Crippen LogP contribution in [-0.2, 0) is 4.79 Å². The Labute approximate surface area is 88.8 Å². The van der Waals surface area contributed by atoms with Crippen LogP contribution >= 0.6 is 0 Å². The van der Waals surface area contributed by atoms with Crippen LogP contribution in [0.1, 0.15) is 24.9 Å². The fraction of sp³-hybridized carbons (Fsp3) is 0.250. The molecule has 1 atom stereocenters. The Kier molecular flexibility index (Phi) is 4.03. The molecule has 0 bridgehead atoms. The Morgan fingerprint density at radius 1 is 1.60 bits per heavy atom. The van der Waals surface area contributed by atoms with Crippen molar-refractivity contribution in [1.29, 1.82) is 0 Å². The monoisotopic (exact) mass is 207 g/mol. The topological polar surface area (TPSA) is 29.1 Å². The molecule has 0 fully saturated rings. The molecule has 0 radical (unpaired) electrons. The standard InChI is InChI=1S/C12H14FNO/c1-3-11(14-12(15)4-2)9-7-5-6-8-10(9)13/h4-8,11H,2-3H2,1H3,(H,14,15)/t11-/m0/s1. The second-order valence-corrected chi connectivity index (χ2v) is 3.20. The van der Waals surface area contributed by atoms with E-state index in [-0.39, 0.29) is 17.8 Å². The fourth-order valence-electron chi connectivity index (χ4n) is 1.39.